The number of rotatable bonds is 5. The zero-order valence-electron chi connectivity index (χ0n) is 15.3. The number of nitrogens with one attached hydrogen (secondary N) is 2. The summed E-state index contributed by atoms with van der Waals surface area (Å²) in [7, 11) is 0. The topological polar surface area (TPSA) is 70.2 Å². The summed E-state index contributed by atoms with van der Waals surface area (Å²) in [6.07, 6.45) is -4.55. The summed E-state index contributed by atoms with van der Waals surface area (Å²) in [6, 6.07) is 4.47. The van der Waals surface area contributed by atoms with Crippen molar-refractivity contribution in [3.63, 3.8) is 0 Å². The van der Waals surface area contributed by atoms with Crippen LogP contribution in [0.1, 0.15) is 30.0 Å². The van der Waals surface area contributed by atoms with Gasteiger partial charge >= 0.3 is 6.18 Å². The van der Waals surface area contributed by atoms with E-state index in [1.54, 1.807) is 0 Å². The van der Waals surface area contributed by atoms with Crippen LogP contribution in [-0.2, 0) is 10.9 Å². The first-order valence-electron chi connectivity index (χ1n) is 8.92. The van der Waals surface area contributed by atoms with E-state index in [-0.39, 0.29) is 23.0 Å². The van der Waals surface area contributed by atoms with E-state index in [0.29, 0.717) is 31.2 Å². The van der Waals surface area contributed by atoms with Crippen LogP contribution in [0.2, 0.25) is 0 Å². The van der Waals surface area contributed by atoms with Crippen LogP contribution in [0.3, 0.4) is 0 Å². The van der Waals surface area contributed by atoms with E-state index in [4.69, 9.17) is 4.74 Å². The predicted molar refractivity (Wildman–Crippen MR) is 94.4 cm³/mol. The first kappa shape index (κ1) is 19.6. The second kappa shape index (κ2) is 7.85. The Morgan fingerprint density at radius 1 is 1.33 bits per heavy atom. The molecule has 2 heterocycles. The minimum atomic E-state index is -4.55. The Hall–Kier alpha value is -2.13. The molecular formula is C18H23F3N4O2. The molecule has 1 atom stereocenters. The molecule has 1 saturated heterocycles. The molecule has 2 N–H and O–H groups in total. The molecule has 6 nitrogen and oxygen atoms in total. The molecule has 0 radical (unpaired) electrons. The Morgan fingerprint density at radius 2 is 2.04 bits per heavy atom. The first-order chi connectivity index (χ1) is 12.8. The summed E-state index contributed by atoms with van der Waals surface area (Å²) in [4.78, 5) is 20.5. The lowest BCUT2D eigenvalue weighted by atomic mass is 10.0. The average molecular weight is 384 g/mol. The highest BCUT2D eigenvalue weighted by Crippen LogP contribution is 2.28. The summed E-state index contributed by atoms with van der Waals surface area (Å²) in [5.74, 6) is -1.05. The Bertz CT molecular complexity index is 797. The third-order valence-corrected chi connectivity index (χ3v) is 4.77. The van der Waals surface area contributed by atoms with E-state index in [0.717, 1.165) is 13.1 Å². The molecule has 1 aromatic heterocycles. The number of hydrogen-bond donors (Lipinski definition) is 2. The van der Waals surface area contributed by atoms with E-state index in [2.05, 4.69) is 34.0 Å². The molecule has 1 aromatic carbocycles. The number of aromatic amines is 1. The molecule has 2 aromatic rings. The summed E-state index contributed by atoms with van der Waals surface area (Å²) in [5, 5.41) is 2.90. The molecule has 1 aliphatic heterocycles. The van der Waals surface area contributed by atoms with Gasteiger partial charge in [0.15, 0.2) is 0 Å². The van der Waals surface area contributed by atoms with Gasteiger partial charge in [-0.2, -0.15) is 13.2 Å². The number of aromatic nitrogens is 2. The number of fused-ring (bicyclic) bond motifs is 1. The minimum absolute atomic E-state index is 0.172. The van der Waals surface area contributed by atoms with Crippen molar-refractivity contribution in [3.8, 4) is 0 Å². The molecule has 0 spiro atoms. The van der Waals surface area contributed by atoms with Crippen LogP contribution in [-0.4, -0.2) is 59.7 Å². The van der Waals surface area contributed by atoms with Crippen LogP contribution in [0.15, 0.2) is 18.2 Å². The average Bonchev–Trinajstić information content (AvgIpc) is 3.06. The van der Waals surface area contributed by atoms with E-state index < -0.39 is 12.0 Å². The van der Waals surface area contributed by atoms with Gasteiger partial charge in [-0.15, -0.1) is 0 Å². The zero-order valence-corrected chi connectivity index (χ0v) is 15.3. The SMILES string of the molecule is CC(C)C(CNC(=O)c1ccc2nc(C(F)(F)F)[nH]c2c1)N1CCOCC1. The minimum Gasteiger partial charge on any atom is -0.379 e. The smallest absolute Gasteiger partial charge is 0.379 e. The van der Waals surface area contributed by atoms with Gasteiger partial charge in [-0.1, -0.05) is 13.8 Å². The number of carbonyl (C=O) groups excluding carboxylic acids is 1. The fraction of sp³-hybridized carbons (Fsp3) is 0.556. The van der Waals surface area contributed by atoms with Crippen LogP contribution in [0.25, 0.3) is 11.0 Å². The Balaban J connectivity index is 1.69. The molecule has 148 valence electrons. The molecule has 0 aliphatic carbocycles. The molecule has 27 heavy (non-hydrogen) atoms. The van der Waals surface area contributed by atoms with Crippen LogP contribution in [0.5, 0.6) is 0 Å². The quantitative estimate of drug-likeness (QED) is 0.832. The van der Waals surface area contributed by atoms with Crippen LogP contribution < -0.4 is 5.32 Å². The molecule has 1 fully saturated rings. The number of H-pyrrole nitrogens is 1. The summed E-state index contributed by atoms with van der Waals surface area (Å²) >= 11 is 0. The molecule has 0 saturated carbocycles. The van der Waals surface area contributed by atoms with Gasteiger partial charge in [-0.3, -0.25) is 9.69 Å². The summed E-state index contributed by atoms with van der Waals surface area (Å²) < 4.78 is 43.7. The van der Waals surface area contributed by atoms with Gasteiger partial charge in [0.2, 0.25) is 5.82 Å². The molecule has 1 unspecified atom stereocenters. The van der Waals surface area contributed by atoms with Gasteiger partial charge in [0.25, 0.3) is 5.91 Å². The van der Waals surface area contributed by atoms with Crippen LogP contribution in [0, 0.1) is 5.92 Å². The maximum absolute atomic E-state index is 12.8. The highest BCUT2D eigenvalue weighted by atomic mass is 19.4. The van der Waals surface area contributed by atoms with Gasteiger partial charge in [-0.05, 0) is 24.1 Å². The van der Waals surface area contributed by atoms with Crippen molar-refractivity contribution in [2.24, 2.45) is 5.92 Å². The Labute approximate surface area is 155 Å². The molecule has 1 aliphatic rings. The number of benzene rings is 1. The molecular weight excluding hydrogens is 361 g/mol. The number of amides is 1. The third kappa shape index (κ3) is 4.59. The van der Waals surface area contributed by atoms with E-state index in [1.807, 2.05) is 0 Å². The maximum atomic E-state index is 12.8. The van der Waals surface area contributed by atoms with Crippen molar-refractivity contribution in [2.45, 2.75) is 26.1 Å². The number of imidazole rings is 1. The van der Waals surface area contributed by atoms with Crippen molar-refractivity contribution in [2.75, 3.05) is 32.8 Å². The first-order valence-corrected chi connectivity index (χ1v) is 8.92. The zero-order chi connectivity index (χ0) is 19.6. The molecule has 0 bridgehead atoms. The van der Waals surface area contributed by atoms with Crippen LogP contribution >= 0.6 is 0 Å². The fourth-order valence-corrected chi connectivity index (χ4v) is 3.28. The monoisotopic (exact) mass is 384 g/mol. The van der Waals surface area contributed by atoms with Gasteiger partial charge in [0.05, 0.1) is 24.2 Å². The number of carbonyl (C=O) groups is 1. The lowest BCUT2D eigenvalue weighted by Gasteiger charge is -2.36. The van der Waals surface area contributed by atoms with Gasteiger partial charge in [-0.25, -0.2) is 4.98 Å². The lowest BCUT2D eigenvalue weighted by molar-refractivity contribution is -0.144. The highest BCUT2D eigenvalue weighted by Gasteiger charge is 2.34. The van der Waals surface area contributed by atoms with Gasteiger partial charge < -0.3 is 15.0 Å². The second-order valence-electron chi connectivity index (χ2n) is 6.98. The van der Waals surface area contributed by atoms with Crippen molar-refractivity contribution in [3.05, 3.63) is 29.6 Å². The van der Waals surface area contributed by atoms with Crippen LogP contribution in [0.4, 0.5) is 13.2 Å². The highest BCUT2D eigenvalue weighted by molar-refractivity contribution is 5.97. The number of hydrogen-bond acceptors (Lipinski definition) is 4. The molecule has 1 amide bonds. The third-order valence-electron chi connectivity index (χ3n) is 4.77. The summed E-state index contributed by atoms with van der Waals surface area (Å²) in [5.41, 5.74) is 0.653. The second-order valence-corrected chi connectivity index (χ2v) is 6.98. The number of alkyl halides is 3. The standard InChI is InChI=1S/C18H23F3N4O2/c1-11(2)15(25-5-7-27-8-6-25)10-22-16(26)12-3-4-13-14(9-12)24-17(23-13)18(19,20)21/h3-4,9,11,15H,5-8,10H2,1-2H3,(H,22,26)(H,23,24). The summed E-state index contributed by atoms with van der Waals surface area (Å²) in [6.45, 7) is 7.65. The van der Waals surface area contributed by atoms with Crippen molar-refractivity contribution >= 4 is 16.9 Å². The Morgan fingerprint density at radius 3 is 2.67 bits per heavy atom. The van der Waals surface area contributed by atoms with E-state index in [1.165, 1.54) is 18.2 Å². The van der Waals surface area contributed by atoms with E-state index >= 15 is 0 Å². The fourth-order valence-electron chi connectivity index (χ4n) is 3.28. The van der Waals surface area contributed by atoms with Crippen molar-refractivity contribution in [1.82, 2.24) is 20.2 Å². The predicted octanol–water partition coefficient (Wildman–Crippen LogP) is 2.67. The number of morpholine rings is 1. The maximum Gasteiger partial charge on any atom is 0.449 e. The number of ether oxygens (including phenoxy) is 1. The number of halogens is 3. The molecule has 3 rings (SSSR count). The number of nitrogens with zero attached hydrogens (tertiary/aromatic N) is 2. The van der Waals surface area contributed by atoms with Crippen molar-refractivity contribution < 1.29 is 22.7 Å². The molecule has 9 heteroatoms. The van der Waals surface area contributed by atoms with Crippen molar-refractivity contribution in [1.29, 1.82) is 0 Å². The Kier molecular flexibility index (Phi) is 5.71. The largest absolute Gasteiger partial charge is 0.449 e. The van der Waals surface area contributed by atoms with E-state index in [9.17, 15) is 18.0 Å². The lowest BCUT2D eigenvalue weighted by Crippen LogP contribution is -2.51. The van der Waals surface area contributed by atoms with Gasteiger partial charge in [0, 0.05) is 31.2 Å². The normalized spacial score (nSPS) is 17.4. The van der Waals surface area contributed by atoms with Gasteiger partial charge in [0.1, 0.15) is 0 Å².